The molecule has 292 valence electrons. The minimum absolute atomic E-state index is 0.0585. The lowest BCUT2D eigenvalue weighted by Crippen LogP contribution is -2.72. The number of hydroxylamine groups is 2. The Balaban J connectivity index is 1.27. The van der Waals surface area contributed by atoms with E-state index in [1.165, 1.54) is 0 Å². The largest absolute Gasteiger partial charge is 0.493 e. The Hall–Kier alpha value is -4.00. The van der Waals surface area contributed by atoms with Crippen molar-refractivity contribution < 1.29 is 24.3 Å². The van der Waals surface area contributed by atoms with Crippen LogP contribution in [0, 0.1) is 16.7 Å². The van der Waals surface area contributed by atoms with Gasteiger partial charge in [0.2, 0.25) is 5.91 Å². The molecule has 5 N–H and O–H groups in total. The Morgan fingerprint density at radius 1 is 1.06 bits per heavy atom. The van der Waals surface area contributed by atoms with E-state index in [1.54, 1.807) is 5.06 Å². The molecule has 3 aromatic carbocycles. The molecule has 54 heavy (non-hydrogen) atoms. The van der Waals surface area contributed by atoms with Crippen LogP contribution in [0.2, 0.25) is 0 Å². The van der Waals surface area contributed by atoms with Crippen LogP contribution in [-0.4, -0.2) is 105 Å². The number of fused-ring (bicyclic) bond motifs is 1. The van der Waals surface area contributed by atoms with Crippen LogP contribution in [0.1, 0.15) is 62.0 Å². The van der Waals surface area contributed by atoms with Gasteiger partial charge in [-0.25, -0.2) is 0 Å². The van der Waals surface area contributed by atoms with E-state index in [4.69, 9.17) is 15.3 Å². The zero-order chi connectivity index (χ0) is 38.9. The molecule has 1 heterocycles. The molecule has 2 aliphatic carbocycles. The zero-order valence-electron chi connectivity index (χ0n) is 33.3. The van der Waals surface area contributed by atoms with E-state index in [0.29, 0.717) is 36.8 Å². The van der Waals surface area contributed by atoms with Gasteiger partial charge in [0.05, 0.1) is 13.2 Å². The van der Waals surface area contributed by atoms with Crippen LogP contribution in [0.5, 0.6) is 5.75 Å². The molecule has 0 bridgehead atoms. The number of likely N-dealkylation sites (N-methyl/N-ethyl adjacent to an activating group) is 1. The van der Waals surface area contributed by atoms with Gasteiger partial charge < -0.3 is 36.0 Å². The summed E-state index contributed by atoms with van der Waals surface area (Å²) in [4.78, 5) is 38.2. The summed E-state index contributed by atoms with van der Waals surface area (Å²) in [6.07, 6.45) is 0.888. The predicted molar refractivity (Wildman–Crippen MR) is 213 cm³/mol. The highest BCUT2D eigenvalue weighted by Crippen LogP contribution is 2.69. The maximum atomic E-state index is 14.0. The number of carbonyl (C=O) groups excluding carboxylic acids is 2. The molecule has 3 fully saturated rings. The highest BCUT2D eigenvalue weighted by Gasteiger charge is 2.67. The highest BCUT2D eigenvalue weighted by atomic mass is 16.7. The lowest BCUT2D eigenvalue weighted by Gasteiger charge is -2.71. The summed E-state index contributed by atoms with van der Waals surface area (Å²) in [7, 11) is 7.93. The molecule has 11 heteroatoms. The molecule has 0 spiro atoms. The second kappa shape index (κ2) is 16.0. The number of nitrogens with one attached hydrogen (secondary N) is 2. The number of carbonyl (C=O) groups is 2. The fourth-order valence-electron chi connectivity index (χ4n) is 9.39. The molecule has 0 radical (unpaired) electrons. The number of aliphatic hydroxyl groups is 1. The number of amides is 2. The average Bonchev–Trinajstić information content (AvgIpc) is 3.44. The highest BCUT2D eigenvalue weighted by molar-refractivity contribution is 5.97. The smallest absolute Gasteiger partial charge is 0.251 e. The van der Waals surface area contributed by atoms with Crippen molar-refractivity contribution in [2.45, 2.75) is 83.8 Å². The molecule has 2 saturated carbocycles. The van der Waals surface area contributed by atoms with Gasteiger partial charge in [-0.15, -0.1) is 0 Å². The Morgan fingerprint density at radius 2 is 1.80 bits per heavy atom. The minimum atomic E-state index is -1.09. The van der Waals surface area contributed by atoms with E-state index in [-0.39, 0.29) is 47.8 Å². The molecule has 3 unspecified atom stereocenters. The summed E-state index contributed by atoms with van der Waals surface area (Å²) < 4.78 is 6.35. The normalized spacial score (nSPS) is 26.3. The number of anilines is 1. The maximum absolute atomic E-state index is 14.0. The van der Waals surface area contributed by atoms with Crippen molar-refractivity contribution in [1.82, 2.24) is 20.6 Å². The summed E-state index contributed by atoms with van der Waals surface area (Å²) in [5, 5.41) is 19.5. The van der Waals surface area contributed by atoms with Crippen molar-refractivity contribution >= 4 is 17.5 Å². The first-order chi connectivity index (χ1) is 25.6. The van der Waals surface area contributed by atoms with Crippen LogP contribution >= 0.6 is 0 Å². The lowest BCUT2D eigenvalue weighted by atomic mass is 9.36. The van der Waals surface area contributed by atoms with Gasteiger partial charge in [0.1, 0.15) is 24.0 Å². The van der Waals surface area contributed by atoms with Crippen molar-refractivity contribution in [2.24, 2.45) is 22.5 Å². The van der Waals surface area contributed by atoms with E-state index in [0.717, 1.165) is 40.8 Å². The molecule has 1 saturated heterocycles. The number of para-hydroxylation sites is 1. The predicted octanol–water partition coefficient (Wildman–Crippen LogP) is 4.47. The number of ether oxygens (including phenoxy) is 1. The number of nitrogens with zero attached hydrogens (tertiary/aromatic N) is 3. The van der Waals surface area contributed by atoms with Crippen LogP contribution in [-0.2, 0) is 22.6 Å². The molecule has 3 aliphatic rings. The summed E-state index contributed by atoms with van der Waals surface area (Å²) in [5.41, 5.74) is 11.3. The topological polar surface area (TPSA) is 133 Å². The summed E-state index contributed by atoms with van der Waals surface area (Å²) in [6, 6.07) is 20.9. The fraction of sp³-hybridized carbons (Fsp3) is 0.535. The average molecular weight is 741 g/mol. The summed E-state index contributed by atoms with van der Waals surface area (Å²) in [5.74, 6) is 0.790. The van der Waals surface area contributed by atoms with Crippen LogP contribution < -0.4 is 26.0 Å². The first kappa shape index (κ1) is 39.7. The first-order valence-corrected chi connectivity index (χ1v) is 19.3. The molecular weight excluding hydrogens is 681 g/mol. The third-order valence-corrected chi connectivity index (χ3v) is 11.9. The molecule has 3 aromatic rings. The minimum Gasteiger partial charge on any atom is -0.493 e. The third-order valence-electron chi connectivity index (χ3n) is 11.9. The van der Waals surface area contributed by atoms with E-state index in [9.17, 15) is 14.7 Å². The summed E-state index contributed by atoms with van der Waals surface area (Å²) >= 11 is 0. The second-order valence-electron chi connectivity index (χ2n) is 16.9. The fourth-order valence-corrected chi connectivity index (χ4v) is 9.39. The van der Waals surface area contributed by atoms with Crippen LogP contribution in [0.4, 0.5) is 5.69 Å². The molecule has 6 rings (SSSR count). The van der Waals surface area contributed by atoms with Gasteiger partial charge in [-0.1, -0.05) is 69.3 Å². The van der Waals surface area contributed by atoms with Crippen LogP contribution in [0.3, 0.4) is 0 Å². The van der Waals surface area contributed by atoms with Gasteiger partial charge in [0, 0.05) is 61.6 Å². The quantitative estimate of drug-likeness (QED) is 0.178. The van der Waals surface area contributed by atoms with Crippen LogP contribution in [0.15, 0.2) is 66.7 Å². The van der Waals surface area contributed by atoms with E-state index in [2.05, 4.69) is 48.4 Å². The number of aliphatic hydroxyl groups excluding tert-OH is 1. The van der Waals surface area contributed by atoms with Gasteiger partial charge in [0.15, 0.2) is 0 Å². The number of nitrogens with two attached hydrogens (primary N) is 1. The Kier molecular flexibility index (Phi) is 11.8. The Morgan fingerprint density at radius 3 is 2.41 bits per heavy atom. The maximum Gasteiger partial charge on any atom is 0.251 e. The van der Waals surface area contributed by atoms with E-state index >= 15 is 0 Å². The van der Waals surface area contributed by atoms with E-state index in [1.807, 2.05) is 94.6 Å². The van der Waals surface area contributed by atoms with Gasteiger partial charge in [-0.2, -0.15) is 5.06 Å². The Bertz CT molecular complexity index is 1800. The molecule has 0 aromatic heterocycles. The van der Waals surface area contributed by atoms with Gasteiger partial charge in [-0.3, -0.25) is 14.4 Å². The molecule has 7 atom stereocenters. The molecule has 2 amide bonds. The standard InChI is InChI=1S/C43H60N6O5/c1-9-53-39-28(24-49-37(38(50)34(23-44)54-49)41(52)46-36-22-35-42(2,3)26-43(35,36)4)16-13-17-33(39)29-19-30(21-32(20-29)48(7)8)40(51)45-31(25-47(5)6)18-27-14-11-10-12-15-27/h10-17,19-21,31,34-38,50H,9,18,22-26,44H2,1-8H3,(H,45,51)(H,46,52)/t31?,34?,35-,36+,37+,38-,43?/m1/s1. The van der Waals surface area contributed by atoms with Crippen molar-refractivity contribution in [3.8, 4) is 16.9 Å². The monoisotopic (exact) mass is 740 g/mol. The third kappa shape index (κ3) is 8.02. The van der Waals surface area contributed by atoms with Crippen molar-refractivity contribution in [1.29, 1.82) is 0 Å². The number of hydrogen-bond acceptors (Lipinski definition) is 9. The van der Waals surface area contributed by atoms with E-state index < -0.39 is 18.2 Å². The van der Waals surface area contributed by atoms with Crippen molar-refractivity contribution in [3.63, 3.8) is 0 Å². The number of benzene rings is 3. The van der Waals surface area contributed by atoms with Crippen molar-refractivity contribution in [2.75, 3.05) is 52.8 Å². The number of hydrogen-bond donors (Lipinski definition) is 4. The molecule has 11 nitrogen and oxygen atoms in total. The van der Waals surface area contributed by atoms with Gasteiger partial charge in [-0.05, 0) is 86.4 Å². The SMILES string of the molecule is CCOc1c(CN2OC(CN)[C@@H](O)[C@H]2C(=O)N[C@H]2C[C@@H]3C(C)(C)CC23C)cccc1-c1cc(C(=O)NC(Cc2ccccc2)CN(C)C)cc(N(C)C)c1. The van der Waals surface area contributed by atoms with Crippen molar-refractivity contribution in [3.05, 3.63) is 83.4 Å². The second-order valence-corrected chi connectivity index (χ2v) is 16.9. The first-order valence-electron chi connectivity index (χ1n) is 19.3. The van der Waals surface area contributed by atoms with Gasteiger partial charge >= 0.3 is 0 Å². The summed E-state index contributed by atoms with van der Waals surface area (Å²) in [6.45, 7) is 10.1. The van der Waals surface area contributed by atoms with Gasteiger partial charge in [0.25, 0.3) is 5.91 Å². The Labute approximate surface area is 321 Å². The molecular formula is C43H60N6O5. The zero-order valence-corrected chi connectivity index (χ0v) is 33.3. The van der Waals surface area contributed by atoms with Crippen LogP contribution in [0.25, 0.3) is 11.1 Å². The molecule has 1 aliphatic heterocycles. The lowest BCUT2D eigenvalue weighted by molar-refractivity contribution is -0.203. The number of rotatable bonds is 15.